The summed E-state index contributed by atoms with van der Waals surface area (Å²) in [6.45, 7) is 0. The van der Waals surface area contributed by atoms with Crippen molar-refractivity contribution in [3.05, 3.63) is 83.6 Å². The summed E-state index contributed by atoms with van der Waals surface area (Å²) in [5, 5.41) is 20.0. The monoisotopic (exact) mass is 375 g/mol. The first kappa shape index (κ1) is 17.5. The van der Waals surface area contributed by atoms with Crippen LogP contribution in [0, 0.1) is 0 Å². The first-order chi connectivity index (χ1) is 13.6. The van der Waals surface area contributed by atoms with Gasteiger partial charge in [-0.25, -0.2) is 4.52 Å². The molecule has 1 amide bonds. The summed E-state index contributed by atoms with van der Waals surface area (Å²) < 4.78 is 1.78. The number of rotatable bonds is 5. The zero-order valence-corrected chi connectivity index (χ0v) is 15.3. The number of benzene rings is 2. The molecule has 0 fully saturated rings. The Hall–Kier alpha value is -3.87. The predicted octanol–water partition coefficient (Wildman–Crippen LogP) is 3.37. The van der Waals surface area contributed by atoms with E-state index in [-0.39, 0.29) is 13.1 Å². The summed E-state index contributed by atoms with van der Waals surface area (Å²) in [6, 6.07) is 20.1. The summed E-state index contributed by atoms with van der Waals surface area (Å²) >= 11 is 0. The lowest BCUT2D eigenvalue weighted by Crippen LogP contribution is -2.17. The average Bonchev–Trinajstić information content (AvgIpc) is 3.11. The fraction of sp³-hybridized carbons (Fsp3) is 0.0952. The highest BCUT2D eigenvalue weighted by atomic mass is 16.3. The van der Waals surface area contributed by atoms with E-state index in [4.69, 9.17) is 0 Å². The zero-order valence-electron chi connectivity index (χ0n) is 15.3. The highest BCUT2D eigenvalue weighted by Crippen LogP contribution is 2.19. The van der Waals surface area contributed by atoms with E-state index in [1.54, 1.807) is 35.8 Å². The van der Waals surface area contributed by atoms with Gasteiger partial charge in [-0.1, -0.05) is 18.2 Å². The summed E-state index contributed by atoms with van der Waals surface area (Å²) in [7, 11) is 1.60. The maximum Gasteiger partial charge on any atom is 0.251 e. The SMILES string of the molecule is CNC(=O)c1ccc(Nc2nc3cccc(Cc4cccc(O)c4)n3n2)cc1.[HH]. The Kier molecular flexibility index (Phi) is 4.63. The highest BCUT2D eigenvalue weighted by molar-refractivity contribution is 5.94. The van der Waals surface area contributed by atoms with Gasteiger partial charge in [0, 0.05) is 31.8 Å². The molecule has 0 aliphatic rings. The van der Waals surface area contributed by atoms with Crippen molar-refractivity contribution in [3.63, 3.8) is 0 Å². The van der Waals surface area contributed by atoms with Crippen molar-refractivity contribution in [2.45, 2.75) is 6.42 Å². The minimum atomic E-state index is -0.131. The summed E-state index contributed by atoms with van der Waals surface area (Å²) in [6.07, 6.45) is 0.620. The first-order valence-corrected chi connectivity index (χ1v) is 8.84. The Balaban J connectivity index is 0.00000240. The van der Waals surface area contributed by atoms with Crippen LogP contribution in [0.3, 0.4) is 0 Å². The van der Waals surface area contributed by atoms with Crippen LogP contribution in [0.15, 0.2) is 66.7 Å². The summed E-state index contributed by atoms with van der Waals surface area (Å²) in [5.41, 5.74) is 4.05. The number of aromatic nitrogens is 3. The van der Waals surface area contributed by atoms with E-state index < -0.39 is 0 Å². The minimum Gasteiger partial charge on any atom is -0.508 e. The molecule has 3 N–H and O–H groups in total. The van der Waals surface area contributed by atoms with Gasteiger partial charge in [-0.05, 0) is 54.1 Å². The van der Waals surface area contributed by atoms with Gasteiger partial charge in [0.05, 0.1) is 0 Å². The topological polar surface area (TPSA) is 91.5 Å². The number of pyridine rings is 1. The maximum atomic E-state index is 11.6. The van der Waals surface area contributed by atoms with Gasteiger partial charge in [0.15, 0.2) is 5.65 Å². The number of amides is 1. The molecular weight excluding hydrogens is 354 g/mol. The second kappa shape index (κ2) is 7.40. The van der Waals surface area contributed by atoms with E-state index in [2.05, 4.69) is 20.7 Å². The van der Waals surface area contributed by atoms with E-state index in [0.29, 0.717) is 17.9 Å². The lowest BCUT2D eigenvalue weighted by molar-refractivity contribution is 0.0963. The third-order valence-corrected chi connectivity index (χ3v) is 4.36. The van der Waals surface area contributed by atoms with Crippen LogP contribution < -0.4 is 10.6 Å². The first-order valence-electron chi connectivity index (χ1n) is 8.84. The van der Waals surface area contributed by atoms with Crippen molar-refractivity contribution >= 4 is 23.2 Å². The van der Waals surface area contributed by atoms with Gasteiger partial charge in [0.2, 0.25) is 5.95 Å². The second-order valence-electron chi connectivity index (χ2n) is 6.35. The zero-order chi connectivity index (χ0) is 19.5. The standard InChI is InChI=1S/C21H19N5O2.H2/c1-22-20(28)15-8-10-16(11-9-15)23-21-24-19-7-3-5-17(26(19)25-21)12-14-4-2-6-18(27)13-14;/h2-11,13,27H,12H2,1H3,(H,22,28)(H,23,25);1H. The average molecular weight is 375 g/mol. The maximum absolute atomic E-state index is 11.6. The Morgan fingerprint density at radius 2 is 1.89 bits per heavy atom. The largest absolute Gasteiger partial charge is 0.508 e. The third kappa shape index (κ3) is 3.64. The third-order valence-electron chi connectivity index (χ3n) is 4.36. The van der Waals surface area contributed by atoms with Gasteiger partial charge in [-0.3, -0.25) is 4.79 Å². The Labute approximate surface area is 163 Å². The van der Waals surface area contributed by atoms with Gasteiger partial charge in [0.25, 0.3) is 5.91 Å². The highest BCUT2D eigenvalue weighted by Gasteiger charge is 2.09. The van der Waals surface area contributed by atoms with E-state index in [1.165, 1.54) is 0 Å². The van der Waals surface area contributed by atoms with Crippen LogP contribution in [-0.4, -0.2) is 32.7 Å². The molecule has 4 rings (SSSR count). The molecule has 0 saturated carbocycles. The number of aromatic hydroxyl groups is 1. The quantitative estimate of drug-likeness (QED) is 0.497. The van der Waals surface area contributed by atoms with Crippen LogP contribution in [0.2, 0.25) is 0 Å². The number of phenolic OH excluding ortho intramolecular Hbond substituents is 1. The molecule has 0 bridgehead atoms. The molecule has 2 aromatic carbocycles. The number of fused-ring (bicyclic) bond motifs is 1. The van der Waals surface area contributed by atoms with Crippen LogP contribution in [0.4, 0.5) is 11.6 Å². The van der Waals surface area contributed by atoms with E-state index in [1.807, 2.05) is 42.5 Å². The lowest BCUT2D eigenvalue weighted by Gasteiger charge is -2.05. The number of carbonyl (C=O) groups excluding carboxylic acids is 1. The normalized spacial score (nSPS) is 10.8. The van der Waals surface area contributed by atoms with Crippen molar-refractivity contribution in [3.8, 4) is 5.75 Å². The smallest absolute Gasteiger partial charge is 0.251 e. The molecule has 0 radical (unpaired) electrons. The number of anilines is 2. The van der Waals surface area contributed by atoms with Gasteiger partial charge >= 0.3 is 0 Å². The van der Waals surface area contributed by atoms with Crippen LogP contribution in [0.1, 0.15) is 23.0 Å². The second-order valence-corrected chi connectivity index (χ2v) is 6.35. The minimum absolute atomic E-state index is 0. The molecular formula is C21H21N5O2. The molecule has 7 heteroatoms. The van der Waals surface area contributed by atoms with Crippen molar-refractivity contribution in [2.24, 2.45) is 0 Å². The predicted molar refractivity (Wildman–Crippen MR) is 109 cm³/mol. The van der Waals surface area contributed by atoms with E-state index in [9.17, 15) is 9.90 Å². The summed E-state index contributed by atoms with van der Waals surface area (Å²) in [4.78, 5) is 16.1. The molecule has 2 aromatic heterocycles. The Bertz CT molecular complexity index is 1140. The van der Waals surface area contributed by atoms with Crippen LogP contribution in [-0.2, 0) is 6.42 Å². The molecule has 0 atom stereocenters. The van der Waals surface area contributed by atoms with Gasteiger partial charge in [-0.15, -0.1) is 5.10 Å². The molecule has 0 spiro atoms. The molecule has 142 valence electrons. The number of hydrogen-bond donors (Lipinski definition) is 3. The molecule has 0 saturated heterocycles. The van der Waals surface area contributed by atoms with Crippen LogP contribution in [0.25, 0.3) is 5.65 Å². The summed E-state index contributed by atoms with van der Waals surface area (Å²) in [5.74, 6) is 0.580. The van der Waals surface area contributed by atoms with Gasteiger partial charge < -0.3 is 15.7 Å². The van der Waals surface area contributed by atoms with Crippen molar-refractivity contribution in [2.75, 3.05) is 12.4 Å². The van der Waals surface area contributed by atoms with E-state index in [0.717, 1.165) is 22.6 Å². The lowest BCUT2D eigenvalue weighted by atomic mass is 10.1. The van der Waals surface area contributed by atoms with E-state index >= 15 is 0 Å². The van der Waals surface area contributed by atoms with Crippen molar-refractivity contribution < 1.29 is 11.3 Å². The van der Waals surface area contributed by atoms with Crippen molar-refractivity contribution in [1.82, 2.24) is 19.9 Å². The Morgan fingerprint density at radius 3 is 2.64 bits per heavy atom. The molecule has 0 aliphatic heterocycles. The van der Waals surface area contributed by atoms with Crippen LogP contribution in [0.5, 0.6) is 5.75 Å². The number of hydrogen-bond acceptors (Lipinski definition) is 5. The number of nitrogens with zero attached hydrogens (tertiary/aromatic N) is 3. The molecule has 28 heavy (non-hydrogen) atoms. The molecule has 4 aromatic rings. The Morgan fingerprint density at radius 1 is 1.11 bits per heavy atom. The van der Waals surface area contributed by atoms with Crippen LogP contribution >= 0.6 is 0 Å². The number of carbonyl (C=O) groups is 1. The molecule has 7 nitrogen and oxygen atoms in total. The van der Waals surface area contributed by atoms with Crippen molar-refractivity contribution in [1.29, 1.82) is 0 Å². The fourth-order valence-corrected chi connectivity index (χ4v) is 3.00. The molecule has 0 aliphatic carbocycles. The molecule has 2 heterocycles. The molecule has 0 unspecified atom stereocenters. The number of nitrogens with one attached hydrogen (secondary N) is 2. The van der Waals surface area contributed by atoms with Gasteiger partial charge in [0.1, 0.15) is 5.75 Å². The van der Waals surface area contributed by atoms with Gasteiger partial charge in [-0.2, -0.15) is 4.98 Å². The fourth-order valence-electron chi connectivity index (χ4n) is 3.00. The number of phenols is 1.